The van der Waals surface area contributed by atoms with Crippen LogP contribution in [0.4, 0.5) is 0 Å². The maximum Gasteiger partial charge on any atom is 0.221 e. The number of carbonyl (C=O) groups is 3. The van der Waals surface area contributed by atoms with E-state index >= 15 is 0 Å². The lowest BCUT2D eigenvalue weighted by Gasteiger charge is -2.29. The summed E-state index contributed by atoms with van der Waals surface area (Å²) in [5.74, 6) is 0.285. The molecule has 0 aliphatic heterocycles. The van der Waals surface area contributed by atoms with Crippen molar-refractivity contribution in [2.45, 2.75) is 104 Å². The van der Waals surface area contributed by atoms with Gasteiger partial charge in [0, 0.05) is 84.7 Å². The summed E-state index contributed by atoms with van der Waals surface area (Å²) in [6.45, 7) is 14.4. The van der Waals surface area contributed by atoms with E-state index in [-0.39, 0.29) is 17.7 Å². The molecule has 0 aliphatic rings. The van der Waals surface area contributed by atoms with Crippen LogP contribution in [-0.2, 0) is 14.4 Å². The molecule has 272 valence electrons. The fraction of sp³-hybridized carbons (Fsp3) is 0.914. The number of nitrogens with two attached hydrogens (primary N) is 1. The second-order valence-corrected chi connectivity index (χ2v) is 13.1. The van der Waals surface area contributed by atoms with Crippen molar-refractivity contribution in [2.75, 3.05) is 106 Å². The Bertz CT molecular complexity index is 741. The highest BCUT2D eigenvalue weighted by Gasteiger charge is 2.14. The van der Waals surface area contributed by atoms with Crippen molar-refractivity contribution in [3.63, 3.8) is 0 Å². The minimum Gasteiger partial charge on any atom is -0.356 e. The first-order valence-electron chi connectivity index (χ1n) is 18.5. The van der Waals surface area contributed by atoms with Gasteiger partial charge in [0.15, 0.2) is 0 Å². The lowest BCUT2D eigenvalue weighted by molar-refractivity contribution is -0.122. The Morgan fingerprint density at radius 3 is 1.46 bits per heavy atom. The molecule has 46 heavy (non-hydrogen) atoms. The molecule has 11 nitrogen and oxygen atoms in total. The summed E-state index contributed by atoms with van der Waals surface area (Å²) in [7, 11) is 6.13. The minimum absolute atomic E-state index is 0.0577. The van der Waals surface area contributed by atoms with Crippen LogP contribution in [0.2, 0.25) is 0 Å². The third-order valence-corrected chi connectivity index (χ3v) is 8.26. The van der Waals surface area contributed by atoms with Crippen LogP contribution in [0.3, 0.4) is 0 Å². The highest BCUT2D eigenvalue weighted by atomic mass is 16.2. The van der Waals surface area contributed by atoms with Crippen LogP contribution < -0.4 is 21.7 Å². The summed E-state index contributed by atoms with van der Waals surface area (Å²) in [6.07, 6.45) is 14.3. The molecule has 0 saturated carbocycles. The monoisotopic (exact) mass is 655 g/mol. The molecule has 3 amide bonds. The average Bonchev–Trinajstić information content (AvgIpc) is 3.03. The Morgan fingerprint density at radius 1 is 0.478 bits per heavy atom. The van der Waals surface area contributed by atoms with Crippen LogP contribution in [0.25, 0.3) is 0 Å². The molecular formula is C35H74N8O3. The van der Waals surface area contributed by atoms with Gasteiger partial charge in [0.05, 0.1) is 0 Å². The van der Waals surface area contributed by atoms with Gasteiger partial charge in [0.25, 0.3) is 0 Å². The highest BCUT2D eigenvalue weighted by molar-refractivity contribution is 5.76. The number of nitrogens with zero attached hydrogens (tertiary/aromatic N) is 4. The number of rotatable bonds is 33. The van der Waals surface area contributed by atoms with Crippen molar-refractivity contribution in [2.24, 2.45) is 5.73 Å². The van der Waals surface area contributed by atoms with Gasteiger partial charge in [0.1, 0.15) is 0 Å². The van der Waals surface area contributed by atoms with Crippen molar-refractivity contribution in [1.29, 1.82) is 0 Å². The number of hydrogen-bond donors (Lipinski definition) is 4. The summed E-state index contributed by atoms with van der Waals surface area (Å²) in [5, 5.41) is 9.10. The van der Waals surface area contributed by atoms with Crippen molar-refractivity contribution < 1.29 is 14.4 Å². The van der Waals surface area contributed by atoms with Crippen molar-refractivity contribution in [1.82, 2.24) is 35.6 Å². The molecule has 0 bridgehead atoms. The average molecular weight is 655 g/mol. The topological polar surface area (TPSA) is 126 Å². The molecule has 11 heteroatoms. The van der Waals surface area contributed by atoms with E-state index in [1.807, 2.05) is 21.1 Å². The van der Waals surface area contributed by atoms with Gasteiger partial charge in [0.2, 0.25) is 17.7 Å². The van der Waals surface area contributed by atoms with Crippen LogP contribution in [0.1, 0.15) is 104 Å². The summed E-state index contributed by atoms with van der Waals surface area (Å²) >= 11 is 0. The first kappa shape index (κ1) is 44.2. The molecule has 0 saturated heterocycles. The molecule has 0 fully saturated rings. The van der Waals surface area contributed by atoms with Crippen LogP contribution >= 0.6 is 0 Å². The van der Waals surface area contributed by atoms with Gasteiger partial charge in [-0.15, -0.1) is 0 Å². The van der Waals surface area contributed by atoms with E-state index in [9.17, 15) is 14.4 Å². The third-order valence-electron chi connectivity index (χ3n) is 8.26. The predicted octanol–water partition coefficient (Wildman–Crippen LogP) is 2.89. The lowest BCUT2D eigenvalue weighted by atomic mass is 10.1. The molecule has 0 unspecified atom stereocenters. The molecule has 0 rings (SSSR count). The van der Waals surface area contributed by atoms with Gasteiger partial charge in [-0.1, -0.05) is 58.8 Å². The van der Waals surface area contributed by atoms with Gasteiger partial charge in [-0.3, -0.25) is 14.4 Å². The van der Waals surface area contributed by atoms with E-state index in [0.29, 0.717) is 52.0 Å². The van der Waals surface area contributed by atoms with Crippen LogP contribution in [0, 0.1) is 0 Å². The number of likely N-dealkylation sites (N-methyl/N-ethyl adjacent to an activating group) is 1. The Kier molecular flexibility index (Phi) is 30.6. The third kappa shape index (κ3) is 29.6. The Morgan fingerprint density at radius 2 is 0.935 bits per heavy atom. The molecular weight excluding hydrogens is 580 g/mol. The van der Waals surface area contributed by atoms with Gasteiger partial charge < -0.3 is 41.3 Å². The maximum absolute atomic E-state index is 12.7. The van der Waals surface area contributed by atoms with Gasteiger partial charge in [-0.25, -0.2) is 0 Å². The van der Waals surface area contributed by atoms with Crippen molar-refractivity contribution in [3.8, 4) is 0 Å². The molecule has 0 aromatic heterocycles. The molecule has 0 radical (unpaired) electrons. The standard InChI is InChI=1S/C35H74N8O3/c1-6-8-9-10-11-12-13-14-21-37-34(45)19-28-43(30-29-41(5)26-17-33(44)38-22-15-20-36)32-31-42(24-7-2)27-18-35(46)39-23-16-25-40(3)4/h6-32,36H2,1-5H3,(H,37,45)(H,38,44)(H,39,46). The fourth-order valence-electron chi connectivity index (χ4n) is 5.21. The number of hydrogen-bond acceptors (Lipinski definition) is 8. The molecule has 0 aliphatic carbocycles. The SMILES string of the molecule is CCCCCCCCCCNC(=O)CCN(CCN(C)CCC(=O)NCCCN)CCN(CCC)CCC(=O)NCCCN(C)C. The summed E-state index contributed by atoms with van der Waals surface area (Å²) in [4.78, 5) is 46.3. The van der Waals surface area contributed by atoms with Crippen molar-refractivity contribution in [3.05, 3.63) is 0 Å². The minimum atomic E-state index is 0.0577. The molecule has 5 N–H and O–H groups in total. The second kappa shape index (κ2) is 31.8. The molecule has 0 heterocycles. The summed E-state index contributed by atoms with van der Waals surface area (Å²) in [5.41, 5.74) is 5.52. The van der Waals surface area contributed by atoms with Crippen LogP contribution in [0.5, 0.6) is 0 Å². The number of carbonyl (C=O) groups excluding carboxylic acids is 3. The number of unbranched alkanes of at least 4 members (excludes halogenated alkanes) is 7. The zero-order valence-electron chi connectivity index (χ0n) is 30.7. The zero-order valence-corrected chi connectivity index (χ0v) is 30.7. The van der Waals surface area contributed by atoms with Gasteiger partial charge in [-0.2, -0.15) is 0 Å². The summed E-state index contributed by atoms with van der Waals surface area (Å²) < 4.78 is 0. The first-order chi connectivity index (χ1) is 22.2. The van der Waals surface area contributed by atoms with E-state index in [2.05, 4.69) is 49.4 Å². The fourth-order valence-corrected chi connectivity index (χ4v) is 5.21. The Hall–Kier alpha value is -1.79. The predicted molar refractivity (Wildman–Crippen MR) is 193 cm³/mol. The smallest absolute Gasteiger partial charge is 0.221 e. The Labute approximate surface area is 283 Å². The molecule has 0 aromatic carbocycles. The van der Waals surface area contributed by atoms with Gasteiger partial charge >= 0.3 is 0 Å². The number of nitrogens with one attached hydrogen (secondary N) is 3. The van der Waals surface area contributed by atoms with Crippen LogP contribution in [0.15, 0.2) is 0 Å². The largest absolute Gasteiger partial charge is 0.356 e. The van der Waals surface area contributed by atoms with Gasteiger partial charge in [-0.05, 0) is 66.5 Å². The summed E-state index contributed by atoms with van der Waals surface area (Å²) in [6, 6.07) is 0. The quantitative estimate of drug-likeness (QED) is 0.0797. The van der Waals surface area contributed by atoms with E-state index in [1.165, 1.54) is 44.9 Å². The Balaban J connectivity index is 4.75. The molecule has 0 spiro atoms. The van der Waals surface area contributed by atoms with E-state index < -0.39 is 0 Å². The molecule has 0 aromatic rings. The van der Waals surface area contributed by atoms with E-state index in [4.69, 9.17) is 5.73 Å². The lowest BCUT2D eigenvalue weighted by Crippen LogP contribution is -2.42. The molecule has 0 atom stereocenters. The van der Waals surface area contributed by atoms with E-state index in [0.717, 1.165) is 78.0 Å². The first-order valence-corrected chi connectivity index (χ1v) is 18.5. The van der Waals surface area contributed by atoms with E-state index in [1.54, 1.807) is 0 Å². The highest BCUT2D eigenvalue weighted by Crippen LogP contribution is 2.08. The second-order valence-electron chi connectivity index (χ2n) is 13.1. The zero-order chi connectivity index (χ0) is 34.3. The van der Waals surface area contributed by atoms with Crippen molar-refractivity contribution >= 4 is 17.7 Å². The maximum atomic E-state index is 12.7. The van der Waals surface area contributed by atoms with Crippen LogP contribution in [-0.4, -0.2) is 144 Å². The number of amides is 3. The normalized spacial score (nSPS) is 11.6.